The minimum absolute atomic E-state index is 0.0237. The van der Waals surface area contributed by atoms with Gasteiger partial charge in [-0.1, -0.05) is 6.92 Å². The van der Waals surface area contributed by atoms with Crippen LogP contribution in [0.2, 0.25) is 0 Å². The van der Waals surface area contributed by atoms with Gasteiger partial charge in [-0.2, -0.15) is 5.26 Å². The average Bonchev–Trinajstić information content (AvgIpc) is 3.26. The number of pyridine rings is 1. The quantitative estimate of drug-likeness (QED) is 0.752. The molecule has 1 aromatic carbocycles. The summed E-state index contributed by atoms with van der Waals surface area (Å²) < 4.78 is 17.1. The van der Waals surface area contributed by atoms with Crippen molar-refractivity contribution < 1.29 is 19.0 Å². The van der Waals surface area contributed by atoms with Crippen LogP contribution in [0.4, 0.5) is 11.4 Å². The second kappa shape index (κ2) is 8.49. The van der Waals surface area contributed by atoms with Crippen LogP contribution in [0.5, 0.6) is 17.4 Å². The summed E-state index contributed by atoms with van der Waals surface area (Å²) >= 11 is 0. The maximum atomic E-state index is 11.9. The molecule has 3 heterocycles. The Morgan fingerprint density at radius 2 is 2.23 bits per heavy atom. The first-order chi connectivity index (χ1) is 14.6. The summed E-state index contributed by atoms with van der Waals surface area (Å²) in [5, 5.41) is 9.39. The van der Waals surface area contributed by atoms with Crippen LogP contribution in [0.1, 0.15) is 25.3 Å². The number of nitriles is 1. The fraction of sp³-hybridized carbons (Fsp3) is 0.409. The van der Waals surface area contributed by atoms with Crippen LogP contribution >= 0.6 is 0 Å². The van der Waals surface area contributed by atoms with Crippen LogP contribution in [0, 0.1) is 11.3 Å². The Morgan fingerprint density at radius 3 is 3.00 bits per heavy atom. The van der Waals surface area contributed by atoms with E-state index < -0.39 is 0 Å². The molecule has 156 valence electrons. The lowest BCUT2D eigenvalue weighted by Gasteiger charge is -2.31. The van der Waals surface area contributed by atoms with Crippen molar-refractivity contribution in [1.82, 2.24) is 9.88 Å². The fourth-order valence-corrected chi connectivity index (χ4v) is 3.84. The maximum Gasteiger partial charge on any atom is 0.231 e. The number of anilines is 2. The number of aromatic nitrogens is 1. The predicted octanol–water partition coefficient (Wildman–Crippen LogP) is 2.88. The molecule has 0 N–H and O–H groups in total. The van der Waals surface area contributed by atoms with Crippen molar-refractivity contribution in [3.63, 3.8) is 0 Å². The minimum Gasteiger partial charge on any atom is -0.490 e. The van der Waals surface area contributed by atoms with Crippen molar-refractivity contribution in [1.29, 1.82) is 5.26 Å². The molecule has 8 heteroatoms. The standard InChI is InChI=1S/C22H24N4O4/c1-3-21(27)25-7-6-18(14-25)30-17-4-5-20-19(11-17)26(8-9-29-20)16-10-15(12-23)22(28-2)24-13-16/h4-5,10-11,13,18H,3,6-9,14H2,1-2H3. The summed E-state index contributed by atoms with van der Waals surface area (Å²) in [4.78, 5) is 20.1. The van der Waals surface area contributed by atoms with E-state index in [-0.39, 0.29) is 12.0 Å². The third-order valence-corrected chi connectivity index (χ3v) is 5.36. The van der Waals surface area contributed by atoms with E-state index in [9.17, 15) is 10.1 Å². The lowest BCUT2D eigenvalue weighted by atomic mass is 10.2. The molecular formula is C22H24N4O4. The number of amides is 1. The molecule has 4 rings (SSSR count). The Kier molecular flexibility index (Phi) is 5.61. The summed E-state index contributed by atoms with van der Waals surface area (Å²) in [6.07, 6.45) is 2.99. The molecule has 0 saturated carbocycles. The van der Waals surface area contributed by atoms with Crippen molar-refractivity contribution >= 4 is 17.3 Å². The van der Waals surface area contributed by atoms with Crippen LogP contribution in [0.25, 0.3) is 0 Å². The van der Waals surface area contributed by atoms with Crippen molar-refractivity contribution in [2.75, 3.05) is 38.3 Å². The Labute approximate surface area is 175 Å². The first-order valence-corrected chi connectivity index (χ1v) is 10.1. The summed E-state index contributed by atoms with van der Waals surface area (Å²) in [5.74, 6) is 1.94. The van der Waals surface area contributed by atoms with Gasteiger partial charge in [0.05, 0.1) is 37.8 Å². The lowest BCUT2D eigenvalue weighted by molar-refractivity contribution is -0.130. The van der Waals surface area contributed by atoms with Crippen LogP contribution in [-0.4, -0.2) is 55.2 Å². The highest BCUT2D eigenvalue weighted by atomic mass is 16.5. The van der Waals surface area contributed by atoms with Crippen LogP contribution in [0.15, 0.2) is 30.5 Å². The van der Waals surface area contributed by atoms with Gasteiger partial charge in [0.1, 0.15) is 35.8 Å². The van der Waals surface area contributed by atoms with Gasteiger partial charge in [-0.25, -0.2) is 4.98 Å². The number of hydrogen-bond donors (Lipinski definition) is 0. The SMILES string of the molecule is CCC(=O)N1CCC(Oc2ccc3c(c2)N(c2cnc(OC)c(C#N)c2)CCO3)C1. The van der Waals surface area contributed by atoms with E-state index >= 15 is 0 Å². The summed E-state index contributed by atoms with van der Waals surface area (Å²) in [5.41, 5.74) is 2.02. The molecule has 1 atom stereocenters. The van der Waals surface area contributed by atoms with E-state index in [2.05, 4.69) is 16.0 Å². The van der Waals surface area contributed by atoms with Gasteiger partial charge in [0, 0.05) is 25.5 Å². The Morgan fingerprint density at radius 1 is 1.37 bits per heavy atom. The first-order valence-electron chi connectivity index (χ1n) is 10.1. The number of ether oxygens (including phenoxy) is 3. The molecular weight excluding hydrogens is 384 g/mol. The number of fused-ring (bicyclic) bond motifs is 1. The van der Waals surface area contributed by atoms with Gasteiger partial charge in [0.2, 0.25) is 11.8 Å². The van der Waals surface area contributed by atoms with Crippen molar-refractivity contribution in [2.45, 2.75) is 25.9 Å². The van der Waals surface area contributed by atoms with Gasteiger partial charge in [-0.05, 0) is 18.2 Å². The molecule has 0 spiro atoms. The molecule has 1 amide bonds. The van der Waals surface area contributed by atoms with Gasteiger partial charge < -0.3 is 24.0 Å². The highest BCUT2D eigenvalue weighted by Crippen LogP contribution is 2.40. The monoisotopic (exact) mass is 408 g/mol. The summed E-state index contributed by atoms with van der Waals surface area (Å²) in [6.45, 7) is 4.36. The number of methoxy groups -OCH3 is 1. The molecule has 30 heavy (non-hydrogen) atoms. The Hall–Kier alpha value is -3.47. The molecule has 0 radical (unpaired) electrons. The lowest BCUT2D eigenvalue weighted by Crippen LogP contribution is -2.30. The van der Waals surface area contributed by atoms with Crippen LogP contribution in [0.3, 0.4) is 0 Å². The van der Waals surface area contributed by atoms with Crippen LogP contribution < -0.4 is 19.1 Å². The van der Waals surface area contributed by atoms with E-state index in [0.29, 0.717) is 37.6 Å². The zero-order valence-electron chi connectivity index (χ0n) is 17.1. The summed E-state index contributed by atoms with van der Waals surface area (Å²) in [7, 11) is 1.49. The average molecular weight is 408 g/mol. The third kappa shape index (κ3) is 3.83. The van der Waals surface area contributed by atoms with E-state index in [0.717, 1.165) is 35.8 Å². The summed E-state index contributed by atoms with van der Waals surface area (Å²) in [6, 6.07) is 9.61. The van der Waals surface area contributed by atoms with E-state index in [1.165, 1.54) is 7.11 Å². The predicted molar refractivity (Wildman–Crippen MR) is 110 cm³/mol. The molecule has 1 fully saturated rings. The zero-order valence-corrected chi connectivity index (χ0v) is 17.1. The molecule has 0 aliphatic carbocycles. The second-order valence-electron chi connectivity index (χ2n) is 7.21. The van der Waals surface area contributed by atoms with Gasteiger partial charge in [0.25, 0.3) is 0 Å². The Bertz CT molecular complexity index is 988. The zero-order chi connectivity index (χ0) is 21.1. The van der Waals surface area contributed by atoms with Gasteiger partial charge in [-0.15, -0.1) is 0 Å². The number of carbonyl (C=O) groups excluding carboxylic acids is 1. The van der Waals surface area contributed by atoms with Gasteiger partial charge in [-0.3, -0.25) is 4.79 Å². The molecule has 2 aromatic rings. The molecule has 2 aliphatic rings. The number of carbonyl (C=O) groups is 1. The molecule has 8 nitrogen and oxygen atoms in total. The van der Waals surface area contributed by atoms with Crippen molar-refractivity contribution in [3.05, 3.63) is 36.0 Å². The minimum atomic E-state index is -0.0237. The van der Waals surface area contributed by atoms with Gasteiger partial charge >= 0.3 is 0 Å². The van der Waals surface area contributed by atoms with E-state index in [1.807, 2.05) is 30.0 Å². The number of nitrogens with zero attached hydrogens (tertiary/aromatic N) is 4. The second-order valence-corrected chi connectivity index (χ2v) is 7.21. The first kappa shape index (κ1) is 19.8. The molecule has 1 aromatic heterocycles. The number of likely N-dealkylation sites (tertiary alicyclic amines) is 1. The highest BCUT2D eigenvalue weighted by molar-refractivity contribution is 5.76. The normalized spacial score (nSPS) is 17.7. The largest absolute Gasteiger partial charge is 0.490 e. The van der Waals surface area contributed by atoms with E-state index in [4.69, 9.17) is 14.2 Å². The third-order valence-electron chi connectivity index (χ3n) is 5.36. The Balaban J connectivity index is 1.57. The van der Waals surface area contributed by atoms with Crippen molar-refractivity contribution in [3.8, 4) is 23.4 Å². The maximum absolute atomic E-state index is 11.9. The van der Waals surface area contributed by atoms with Crippen LogP contribution in [-0.2, 0) is 4.79 Å². The smallest absolute Gasteiger partial charge is 0.231 e. The topological polar surface area (TPSA) is 87.9 Å². The van der Waals surface area contributed by atoms with Gasteiger partial charge in [0.15, 0.2) is 0 Å². The van der Waals surface area contributed by atoms with Crippen molar-refractivity contribution in [2.24, 2.45) is 0 Å². The fourth-order valence-electron chi connectivity index (χ4n) is 3.84. The molecule has 1 unspecified atom stereocenters. The molecule has 0 bridgehead atoms. The highest BCUT2D eigenvalue weighted by Gasteiger charge is 2.28. The number of hydrogen-bond acceptors (Lipinski definition) is 7. The van der Waals surface area contributed by atoms with E-state index in [1.54, 1.807) is 12.3 Å². The number of rotatable bonds is 5. The molecule has 2 aliphatic heterocycles. The number of benzene rings is 1. The molecule has 1 saturated heterocycles.